The van der Waals surface area contributed by atoms with Gasteiger partial charge in [-0.1, -0.05) is 24.3 Å². The first-order valence-electron chi connectivity index (χ1n) is 6.35. The molecule has 0 atom stereocenters. The number of aliphatic hydroxyl groups excluding tert-OH is 1. The summed E-state index contributed by atoms with van der Waals surface area (Å²) in [6, 6.07) is 7.50. The molecular weight excluding hydrogens is 274 g/mol. The number of urea groups is 1. The molecule has 3 N–H and O–H groups in total. The first kappa shape index (κ1) is 14.5. The molecule has 0 fully saturated rings. The van der Waals surface area contributed by atoms with E-state index in [1.54, 1.807) is 5.51 Å². The van der Waals surface area contributed by atoms with Crippen LogP contribution in [0.1, 0.15) is 16.8 Å². The molecular formula is C14H17N3O2S. The van der Waals surface area contributed by atoms with Crippen molar-refractivity contribution >= 4 is 17.4 Å². The van der Waals surface area contributed by atoms with Crippen LogP contribution in [0.3, 0.4) is 0 Å². The van der Waals surface area contributed by atoms with Gasteiger partial charge in [0.2, 0.25) is 0 Å². The van der Waals surface area contributed by atoms with Crippen LogP contribution in [0, 0.1) is 0 Å². The van der Waals surface area contributed by atoms with Gasteiger partial charge in [-0.2, -0.15) is 0 Å². The van der Waals surface area contributed by atoms with Crippen molar-refractivity contribution in [2.45, 2.75) is 19.6 Å². The maximum atomic E-state index is 11.5. The molecule has 106 valence electrons. The summed E-state index contributed by atoms with van der Waals surface area (Å²) < 4.78 is 0. The van der Waals surface area contributed by atoms with Crippen LogP contribution in [0.25, 0.3) is 0 Å². The smallest absolute Gasteiger partial charge is 0.315 e. The van der Waals surface area contributed by atoms with Crippen molar-refractivity contribution in [1.29, 1.82) is 0 Å². The summed E-state index contributed by atoms with van der Waals surface area (Å²) in [5.74, 6) is 0. The molecule has 20 heavy (non-hydrogen) atoms. The van der Waals surface area contributed by atoms with Gasteiger partial charge in [-0.3, -0.25) is 0 Å². The van der Waals surface area contributed by atoms with E-state index in [2.05, 4.69) is 15.6 Å². The number of rotatable bonds is 6. The second-order valence-electron chi connectivity index (χ2n) is 4.31. The van der Waals surface area contributed by atoms with Gasteiger partial charge in [-0.15, -0.1) is 11.3 Å². The normalized spacial score (nSPS) is 10.2. The zero-order valence-corrected chi connectivity index (χ0v) is 11.8. The third kappa shape index (κ3) is 4.64. The lowest BCUT2D eigenvalue weighted by molar-refractivity contribution is 0.240. The highest BCUT2D eigenvalue weighted by molar-refractivity contribution is 7.07. The summed E-state index contributed by atoms with van der Waals surface area (Å²) in [4.78, 5) is 15.6. The van der Waals surface area contributed by atoms with Gasteiger partial charge < -0.3 is 15.7 Å². The first-order chi connectivity index (χ1) is 9.78. The first-order valence-corrected chi connectivity index (χ1v) is 7.29. The molecule has 0 aliphatic rings. The Kier molecular flexibility index (Phi) is 5.52. The molecule has 0 aliphatic carbocycles. The van der Waals surface area contributed by atoms with E-state index in [1.807, 2.05) is 29.6 Å². The fraction of sp³-hybridized carbons (Fsp3) is 0.286. The van der Waals surface area contributed by atoms with Crippen LogP contribution in [0.2, 0.25) is 0 Å². The average molecular weight is 291 g/mol. The quantitative estimate of drug-likeness (QED) is 0.758. The van der Waals surface area contributed by atoms with Gasteiger partial charge in [-0.05, 0) is 17.5 Å². The monoisotopic (exact) mass is 291 g/mol. The molecule has 0 spiro atoms. The number of benzene rings is 1. The Morgan fingerprint density at radius 3 is 2.60 bits per heavy atom. The fourth-order valence-electron chi connectivity index (χ4n) is 1.69. The van der Waals surface area contributed by atoms with Gasteiger partial charge in [0.1, 0.15) is 0 Å². The summed E-state index contributed by atoms with van der Waals surface area (Å²) in [6.07, 6.45) is 0.760. The molecule has 0 aliphatic heterocycles. The molecule has 2 rings (SSSR count). The van der Waals surface area contributed by atoms with Crippen molar-refractivity contribution in [3.63, 3.8) is 0 Å². The fourth-order valence-corrected chi connectivity index (χ4v) is 2.25. The Morgan fingerprint density at radius 2 is 1.95 bits per heavy atom. The van der Waals surface area contributed by atoms with Crippen LogP contribution in [0.15, 0.2) is 35.2 Å². The molecule has 6 heteroatoms. The van der Waals surface area contributed by atoms with Crippen molar-refractivity contribution in [3.8, 4) is 0 Å². The Labute approximate surface area is 121 Å². The van der Waals surface area contributed by atoms with Crippen LogP contribution >= 0.6 is 11.3 Å². The van der Waals surface area contributed by atoms with Crippen molar-refractivity contribution in [3.05, 3.63) is 52.0 Å². The van der Waals surface area contributed by atoms with Crippen molar-refractivity contribution in [2.24, 2.45) is 0 Å². The van der Waals surface area contributed by atoms with Gasteiger partial charge >= 0.3 is 6.03 Å². The number of hydrogen-bond acceptors (Lipinski definition) is 4. The van der Waals surface area contributed by atoms with Crippen LogP contribution < -0.4 is 10.6 Å². The van der Waals surface area contributed by atoms with E-state index < -0.39 is 0 Å². The number of aromatic nitrogens is 1. The van der Waals surface area contributed by atoms with E-state index in [0.717, 1.165) is 23.2 Å². The Bertz CT molecular complexity index is 526. The zero-order chi connectivity index (χ0) is 14.2. The van der Waals surface area contributed by atoms with E-state index in [-0.39, 0.29) is 12.6 Å². The van der Waals surface area contributed by atoms with Gasteiger partial charge in [0.05, 0.1) is 24.4 Å². The molecule has 0 saturated carbocycles. The van der Waals surface area contributed by atoms with Gasteiger partial charge in [0.15, 0.2) is 0 Å². The number of amides is 2. The number of carbonyl (C=O) groups is 1. The summed E-state index contributed by atoms with van der Waals surface area (Å²) in [6.45, 7) is 1.07. The minimum Gasteiger partial charge on any atom is -0.392 e. The molecule has 1 aromatic carbocycles. The largest absolute Gasteiger partial charge is 0.392 e. The molecule has 0 bridgehead atoms. The Hall–Kier alpha value is -1.92. The minimum absolute atomic E-state index is 0.0531. The van der Waals surface area contributed by atoms with Crippen LogP contribution in [0.5, 0.6) is 0 Å². The maximum Gasteiger partial charge on any atom is 0.315 e. The number of nitrogens with one attached hydrogen (secondary N) is 2. The predicted octanol–water partition coefficient (Wildman–Crippen LogP) is 1.68. The number of aliphatic hydroxyl groups is 1. The van der Waals surface area contributed by atoms with Gasteiger partial charge in [0.25, 0.3) is 0 Å². The zero-order valence-electron chi connectivity index (χ0n) is 11.0. The average Bonchev–Trinajstić information content (AvgIpc) is 2.99. The lowest BCUT2D eigenvalue weighted by Gasteiger charge is -2.07. The molecule has 2 amide bonds. The second-order valence-corrected chi connectivity index (χ2v) is 5.03. The van der Waals surface area contributed by atoms with E-state index in [4.69, 9.17) is 5.11 Å². The highest BCUT2D eigenvalue weighted by Gasteiger charge is 2.01. The van der Waals surface area contributed by atoms with Crippen LogP contribution in [0.4, 0.5) is 4.79 Å². The van der Waals surface area contributed by atoms with Crippen LogP contribution in [-0.4, -0.2) is 22.7 Å². The standard InChI is InChI=1S/C14H17N3O2S/c18-8-12-3-1-11(2-4-12)5-6-15-14(19)16-7-13-9-20-10-17-13/h1-4,9-10,18H,5-8H2,(H2,15,16,19). The number of hydrogen-bond donors (Lipinski definition) is 3. The van der Waals surface area contributed by atoms with Crippen molar-refractivity contribution in [2.75, 3.05) is 6.54 Å². The lowest BCUT2D eigenvalue weighted by atomic mass is 10.1. The highest BCUT2D eigenvalue weighted by atomic mass is 32.1. The third-order valence-corrected chi connectivity index (χ3v) is 3.45. The maximum absolute atomic E-state index is 11.5. The summed E-state index contributed by atoms with van der Waals surface area (Å²) in [5.41, 5.74) is 4.62. The molecule has 1 heterocycles. The van der Waals surface area contributed by atoms with E-state index in [9.17, 15) is 4.79 Å². The Morgan fingerprint density at radius 1 is 1.20 bits per heavy atom. The van der Waals surface area contributed by atoms with Gasteiger partial charge in [0, 0.05) is 11.9 Å². The predicted molar refractivity (Wildman–Crippen MR) is 78.4 cm³/mol. The number of nitrogens with zero attached hydrogens (tertiary/aromatic N) is 1. The molecule has 2 aromatic rings. The molecule has 0 radical (unpaired) electrons. The minimum atomic E-state index is -0.190. The molecule has 0 saturated heterocycles. The summed E-state index contributed by atoms with van der Waals surface area (Å²) in [5, 5.41) is 16.4. The molecule has 0 unspecified atom stereocenters. The van der Waals surface area contributed by atoms with E-state index in [0.29, 0.717) is 13.1 Å². The lowest BCUT2D eigenvalue weighted by Crippen LogP contribution is -2.36. The van der Waals surface area contributed by atoms with E-state index >= 15 is 0 Å². The SMILES string of the molecule is O=C(NCCc1ccc(CO)cc1)NCc1cscn1. The third-order valence-electron chi connectivity index (χ3n) is 2.82. The molecule has 5 nitrogen and oxygen atoms in total. The topological polar surface area (TPSA) is 74.2 Å². The summed E-state index contributed by atoms with van der Waals surface area (Å²) in [7, 11) is 0. The Balaban J connectivity index is 1.65. The van der Waals surface area contributed by atoms with E-state index in [1.165, 1.54) is 11.3 Å². The number of thiazole rings is 1. The summed E-state index contributed by atoms with van der Waals surface area (Å²) >= 11 is 1.51. The van der Waals surface area contributed by atoms with Crippen molar-refractivity contribution < 1.29 is 9.90 Å². The highest BCUT2D eigenvalue weighted by Crippen LogP contribution is 2.04. The van der Waals surface area contributed by atoms with Crippen molar-refractivity contribution in [1.82, 2.24) is 15.6 Å². The second kappa shape index (κ2) is 7.62. The molecule has 1 aromatic heterocycles. The van der Waals surface area contributed by atoms with Gasteiger partial charge in [-0.25, -0.2) is 9.78 Å². The number of carbonyl (C=O) groups excluding carboxylic acids is 1. The van der Waals surface area contributed by atoms with Crippen LogP contribution in [-0.2, 0) is 19.6 Å².